The van der Waals surface area contributed by atoms with Crippen LogP contribution >= 0.6 is 0 Å². The Morgan fingerprint density at radius 2 is 1.47 bits per heavy atom. The molecule has 0 fully saturated rings. The fourth-order valence-electron chi connectivity index (χ4n) is 3.68. The highest BCUT2D eigenvalue weighted by Crippen LogP contribution is 2.34. The number of nitrogens with one attached hydrogen (secondary N) is 1. The van der Waals surface area contributed by atoms with Crippen molar-refractivity contribution in [2.75, 3.05) is 10.2 Å². The maximum atomic E-state index is 13.4. The van der Waals surface area contributed by atoms with E-state index in [1.165, 1.54) is 36.4 Å². The molecule has 1 aliphatic rings. The zero-order valence-corrected chi connectivity index (χ0v) is 17.3. The van der Waals surface area contributed by atoms with E-state index in [0.29, 0.717) is 11.3 Å². The van der Waals surface area contributed by atoms with Gasteiger partial charge < -0.3 is 5.32 Å². The third-order valence-corrected chi connectivity index (χ3v) is 5.03. The molecular formula is C24H18FN3O4. The molecule has 32 heavy (non-hydrogen) atoms. The lowest BCUT2D eigenvalue weighted by Gasteiger charge is -2.15. The number of hydrogen-bond acceptors (Lipinski definition) is 5. The summed E-state index contributed by atoms with van der Waals surface area (Å²) >= 11 is 0. The van der Waals surface area contributed by atoms with E-state index in [0.717, 1.165) is 28.2 Å². The average molecular weight is 431 g/mol. The van der Waals surface area contributed by atoms with Crippen LogP contribution in [0.15, 0.2) is 72.4 Å². The Hall–Kier alpha value is -4.33. The van der Waals surface area contributed by atoms with Crippen molar-refractivity contribution < 1.29 is 18.9 Å². The number of anilines is 2. The minimum atomic E-state index is -0.609. The first-order valence-corrected chi connectivity index (χ1v) is 9.73. The Labute approximate surface area is 182 Å². The number of hydrogen-bond donors (Lipinski definition) is 1. The Kier molecular flexibility index (Phi) is 5.28. The van der Waals surface area contributed by atoms with Crippen LogP contribution in [0.3, 0.4) is 0 Å². The average Bonchev–Trinajstić information content (AvgIpc) is 2.98. The summed E-state index contributed by atoms with van der Waals surface area (Å²) in [5.74, 6) is -1.71. The lowest BCUT2D eigenvalue weighted by Crippen LogP contribution is -2.32. The molecule has 0 radical (unpaired) electrons. The molecule has 0 spiro atoms. The van der Waals surface area contributed by atoms with Crippen molar-refractivity contribution in [1.29, 1.82) is 0 Å². The normalized spacial score (nSPS) is 13.7. The van der Waals surface area contributed by atoms with Crippen molar-refractivity contribution in [2.45, 2.75) is 13.8 Å². The number of amides is 2. The molecule has 0 atom stereocenters. The topological polar surface area (TPSA) is 92.6 Å². The van der Waals surface area contributed by atoms with Crippen molar-refractivity contribution in [1.82, 2.24) is 0 Å². The number of non-ortho nitro benzene ring substituents is 1. The number of rotatable bonds is 5. The summed E-state index contributed by atoms with van der Waals surface area (Å²) in [6, 6.07) is 16.1. The zero-order chi connectivity index (χ0) is 23.0. The summed E-state index contributed by atoms with van der Waals surface area (Å²) in [5.41, 5.74) is 3.12. The molecule has 4 rings (SSSR count). The van der Waals surface area contributed by atoms with Gasteiger partial charge in [0.2, 0.25) is 0 Å². The zero-order valence-electron chi connectivity index (χ0n) is 17.3. The van der Waals surface area contributed by atoms with Crippen molar-refractivity contribution in [3.8, 4) is 0 Å². The van der Waals surface area contributed by atoms with Crippen molar-refractivity contribution in [2.24, 2.45) is 0 Å². The Morgan fingerprint density at radius 3 is 2.03 bits per heavy atom. The lowest BCUT2D eigenvalue weighted by atomic mass is 10.0. The standard InChI is InChI=1S/C24H18FN3O4/c1-14-11-15(2)13-18(12-14)26-22-21(16-3-7-20(8-4-16)28(31)32)23(29)27(24(22)30)19-9-5-17(25)6-10-19/h3-13,26H,1-2H3. The number of nitro benzene ring substituents is 1. The number of nitro groups is 1. The van der Waals surface area contributed by atoms with Crippen LogP contribution in [-0.2, 0) is 9.59 Å². The Morgan fingerprint density at radius 1 is 0.875 bits per heavy atom. The molecule has 7 nitrogen and oxygen atoms in total. The van der Waals surface area contributed by atoms with Gasteiger partial charge in [0.15, 0.2) is 0 Å². The summed E-state index contributed by atoms with van der Waals surface area (Å²) in [5, 5.41) is 14.1. The van der Waals surface area contributed by atoms with E-state index in [-0.39, 0.29) is 22.6 Å². The van der Waals surface area contributed by atoms with E-state index in [2.05, 4.69) is 5.32 Å². The summed E-state index contributed by atoms with van der Waals surface area (Å²) < 4.78 is 13.4. The smallest absolute Gasteiger partial charge is 0.282 e. The van der Waals surface area contributed by atoms with Crippen molar-refractivity contribution in [3.05, 3.63) is 105 Å². The molecule has 0 aromatic heterocycles. The van der Waals surface area contributed by atoms with Gasteiger partial charge in [-0.1, -0.05) is 6.07 Å². The molecule has 3 aromatic carbocycles. The van der Waals surface area contributed by atoms with Gasteiger partial charge in [0, 0.05) is 17.8 Å². The molecule has 3 aromatic rings. The predicted octanol–water partition coefficient (Wildman–Crippen LogP) is 4.75. The van der Waals surface area contributed by atoms with Gasteiger partial charge in [0.1, 0.15) is 11.5 Å². The van der Waals surface area contributed by atoms with Gasteiger partial charge in [-0.15, -0.1) is 0 Å². The molecule has 0 aliphatic carbocycles. The highest BCUT2D eigenvalue weighted by Gasteiger charge is 2.40. The van der Waals surface area contributed by atoms with Crippen LogP contribution in [0.2, 0.25) is 0 Å². The van der Waals surface area contributed by atoms with Crippen LogP contribution in [0.5, 0.6) is 0 Å². The molecule has 0 bridgehead atoms. The fraction of sp³-hybridized carbons (Fsp3) is 0.0833. The van der Waals surface area contributed by atoms with Crippen molar-refractivity contribution in [3.63, 3.8) is 0 Å². The molecule has 0 saturated carbocycles. The van der Waals surface area contributed by atoms with Gasteiger partial charge in [0.05, 0.1) is 16.2 Å². The largest absolute Gasteiger partial charge is 0.350 e. The number of benzene rings is 3. The first-order chi connectivity index (χ1) is 15.2. The SMILES string of the molecule is Cc1cc(C)cc(NC2=C(c3ccc([N+](=O)[O-])cc3)C(=O)N(c3ccc(F)cc3)C2=O)c1. The maximum Gasteiger partial charge on any atom is 0.282 e. The number of carbonyl (C=O) groups excluding carboxylic acids is 2. The number of aryl methyl sites for hydroxylation is 2. The fourth-order valence-corrected chi connectivity index (χ4v) is 3.68. The van der Waals surface area contributed by atoms with Crippen molar-refractivity contribution >= 4 is 34.4 Å². The number of imide groups is 1. The quantitative estimate of drug-likeness (QED) is 0.358. The van der Waals surface area contributed by atoms with Crippen LogP contribution in [-0.4, -0.2) is 16.7 Å². The van der Waals surface area contributed by atoms with E-state index in [1.54, 1.807) is 0 Å². The molecular weight excluding hydrogens is 413 g/mol. The monoisotopic (exact) mass is 431 g/mol. The Balaban J connectivity index is 1.83. The molecule has 2 amide bonds. The molecule has 160 valence electrons. The first kappa shape index (κ1) is 20.9. The molecule has 8 heteroatoms. The third-order valence-electron chi connectivity index (χ3n) is 5.03. The van der Waals surface area contributed by atoms with Gasteiger partial charge in [-0.05, 0) is 79.1 Å². The second kappa shape index (κ2) is 8.07. The highest BCUT2D eigenvalue weighted by atomic mass is 19.1. The van der Waals surface area contributed by atoms with E-state index < -0.39 is 22.6 Å². The van der Waals surface area contributed by atoms with Crippen LogP contribution in [0, 0.1) is 29.8 Å². The second-order valence-corrected chi connectivity index (χ2v) is 7.48. The molecule has 0 unspecified atom stereocenters. The van der Waals surface area contributed by atoms with E-state index >= 15 is 0 Å². The lowest BCUT2D eigenvalue weighted by molar-refractivity contribution is -0.384. The number of carbonyl (C=O) groups is 2. The van der Waals surface area contributed by atoms with Crippen LogP contribution < -0.4 is 10.2 Å². The van der Waals surface area contributed by atoms with Gasteiger partial charge in [-0.25, -0.2) is 9.29 Å². The van der Waals surface area contributed by atoms with Gasteiger partial charge >= 0.3 is 0 Å². The van der Waals surface area contributed by atoms with Gasteiger partial charge in [0.25, 0.3) is 17.5 Å². The van der Waals surface area contributed by atoms with E-state index in [4.69, 9.17) is 0 Å². The van der Waals surface area contributed by atoms with Crippen LogP contribution in [0.25, 0.3) is 5.57 Å². The summed E-state index contributed by atoms with van der Waals surface area (Å²) in [6.45, 7) is 3.83. The second-order valence-electron chi connectivity index (χ2n) is 7.48. The highest BCUT2D eigenvalue weighted by molar-refractivity contribution is 6.46. The first-order valence-electron chi connectivity index (χ1n) is 9.73. The summed E-state index contributed by atoms with van der Waals surface area (Å²) in [4.78, 5) is 38.1. The van der Waals surface area contributed by atoms with Crippen LogP contribution in [0.1, 0.15) is 16.7 Å². The van der Waals surface area contributed by atoms with Crippen LogP contribution in [0.4, 0.5) is 21.5 Å². The third kappa shape index (κ3) is 3.85. The van der Waals surface area contributed by atoms with Gasteiger partial charge in [-0.2, -0.15) is 0 Å². The minimum absolute atomic E-state index is 0.0400. The predicted molar refractivity (Wildman–Crippen MR) is 118 cm³/mol. The Bertz CT molecular complexity index is 1260. The number of nitrogens with zero attached hydrogens (tertiary/aromatic N) is 2. The van der Waals surface area contributed by atoms with Gasteiger partial charge in [-0.3, -0.25) is 19.7 Å². The molecule has 1 heterocycles. The van der Waals surface area contributed by atoms with E-state index in [9.17, 15) is 24.1 Å². The van der Waals surface area contributed by atoms with E-state index in [1.807, 2.05) is 32.0 Å². The minimum Gasteiger partial charge on any atom is -0.350 e. The summed E-state index contributed by atoms with van der Waals surface area (Å²) in [7, 11) is 0. The maximum absolute atomic E-state index is 13.4. The molecule has 0 saturated heterocycles. The number of halogens is 1. The molecule has 1 aliphatic heterocycles. The summed E-state index contributed by atoms with van der Waals surface area (Å²) in [6.07, 6.45) is 0. The molecule has 1 N–H and O–H groups in total.